The molecule has 0 radical (unpaired) electrons. The maximum atomic E-state index is 13.0. The quantitative estimate of drug-likeness (QED) is 0.197. The van der Waals surface area contributed by atoms with Crippen LogP contribution in [0.2, 0.25) is 0 Å². The third-order valence-electron chi connectivity index (χ3n) is 7.97. The van der Waals surface area contributed by atoms with Gasteiger partial charge in [-0.2, -0.15) is 0 Å². The van der Waals surface area contributed by atoms with E-state index < -0.39 is 17.7 Å². The molecule has 6 nitrogen and oxygen atoms in total. The van der Waals surface area contributed by atoms with Crippen molar-refractivity contribution in [2.75, 3.05) is 0 Å². The number of fused-ring (bicyclic) bond motifs is 2. The van der Waals surface area contributed by atoms with E-state index in [0.717, 1.165) is 44.5 Å². The molecule has 0 aliphatic heterocycles. The molecule has 0 aliphatic carbocycles. The lowest BCUT2D eigenvalue weighted by atomic mass is 9.96. The first-order valence-electron chi connectivity index (χ1n) is 14.2. The van der Waals surface area contributed by atoms with E-state index in [2.05, 4.69) is 47.4 Å². The summed E-state index contributed by atoms with van der Waals surface area (Å²) in [6.45, 7) is 0. The summed E-state index contributed by atoms with van der Waals surface area (Å²) in [6.07, 6.45) is 0.899. The molecular weight excluding hydrogens is 536 g/mol. The number of furan rings is 1. The van der Waals surface area contributed by atoms with Crippen molar-refractivity contribution in [2.45, 2.75) is 18.9 Å². The molecule has 0 fully saturated rings. The number of carbonyl (C=O) groups is 1. The largest absolute Gasteiger partial charge is 0.480 e. The number of carboxylic acids is 1. The van der Waals surface area contributed by atoms with Gasteiger partial charge in [-0.05, 0) is 46.0 Å². The number of imidazole rings is 1. The van der Waals surface area contributed by atoms with Crippen molar-refractivity contribution in [1.82, 2.24) is 9.55 Å². The van der Waals surface area contributed by atoms with Crippen molar-refractivity contribution in [1.29, 1.82) is 0 Å². The smallest absolute Gasteiger partial charge is 0.327 e. The number of rotatable bonds is 8. The van der Waals surface area contributed by atoms with Gasteiger partial charge in [0, 0.05) is 23.8 Å². The van der Waals surface area contributed by atoms with Gasteiger partial charge in [-0.25, -0.2) is 9.59 Å². The van der Waals surface area contributed by atoms with Gasteiger partial charge in [0.05, 0.1) is 11.0 Å². The fraction of sp³-hybridized carbons (Fsp3) is 0.0811. The van der Waals surface area contributed by atoms with E-state index >= 15 is 0 Å². The second-order valence-electron chi connectivity index (χ2n) is 10.7. The summed E-state index contributed by atoms with van der Waals surface area (Å²) < 4.78 is 7.67. The van der Waals surface area contributed by atoms with Gasteiger partial charge in [-0.15, -0.1) is 0 Å². The molecule has 0 saturated heterocycles. The Morgan fingerprint density at radius 1 is 0.744 bits per heavy atom. The lowest BCUT2D eigenvalue weighted by Crippen LogP contribution is -2.29. The molecule has 210 valence electrons. The highest BCUT2D eigenvalue weighted by atomic mass is 16.4. The number of hydrogen-bond donors (Lipinski definition) is 2. The van der Waals surface area contributed by atoms with E-state index in [9.17, 15) is 14.7 Å². The topological polar surface area (TPSA) is 88.2 Å². The summed E-state index contributed by atoms with van der Waals surface area (Å²) in [7, 11) is 0. The molecular formula is C37H28N2O4. The number of benzene rings is 5. The van der Waals surface area contributed by atoms with Crippen molar-refractivity contribution in [3.63, 3.8) is 0 Å². The molecule has 1 atom stereocenters. The van der Waals surface area contributed by atoms with Gasteiger partial charge in [0.2, 0.25) is 0 Å². The van der Waals surface area contributed by atoms with Gasteiger partial charge in [-0.3, -0.25) is 4.57 Å². The summed E-state index contributed by atoms with van der Waals surface area (Å²) in [6, 6.07) is 40.7. The minimum absolute atomic E-state index is 0.210. The van der Waals surface area contributed by atoms with Crippen LogP contribution in [-0.4, -0.2) is 20.6 Å². The Kier molecular flexibility index (Phi) is 6.72. The molecule has 2 aromatic heterocycles. The molecule has 2 N–H and O–H groups in total. The van der Waals surface area contributed by atoms with Crippen LogP contribution in [0.15, 0.2) is 137 Å². The Hall–Kier alpha value is -5.62. The van der Waals surface area contributed by atoms with Crippen molar-refractivity contribution >= 4 is 28.0 Å². The Bertz CT molecular complexity index is 2120. The number of H-pyrrole nitrogens is 1. The van der Waals surface area contributed by atoms with Gasteiger partial charge < -0.3 is 14.5 Å². The SMILES string of the molecule is O=C(O)C(Cc1ccccc1)n1c(=O)[nH]c2cc(-c3ccc(-c4c(Cc5ccccc5)oc5ccccc45)cc3)ccc21. The van der Waals surface area contributed by atoms with Gasteiger partial charge in [0.15, 0.2) is 0 Å². The molecule has 0 saturated carbocycles. The maximum Gasteiger partial charge on any atom is 0.327 e. The van der Waals surface area contributed by atoms with E-state index in [0.29, 0.717) is 17.5 Å². The van der Waals surface area contributed by atoms with Crippen LogP contribution in [0.1, 0.15) is 22.9 Å². The van der Waals surface area contributed by atoms with E-state index in [4.69, 9.17) is 4.42 Å². The van der Waals surface area contributed by atoms with Crippen molar-refractivity contribution in [3.05, 3.63) is 155 Å². The zero-order valence-electron chi connectivity index (χ0n) is 23.2. The molecule has 2 heterocycles. The Labute approximate surface area is 247 Å². The van der Waals surface area contributed by atoms with Crippen LogP contribution in [0.5, 0.6) is 0 Å². The molecule has 5 aromatic carbocycles. The molecule has 7 aromatic rings. The number of nitrogens with one attached hydrogen (secondary N) is 1. The van der Waals surface area contributed by atoms with Crippen LogP contribution in [0.25, 0.3) is 44.3 Å². The number of carboxylic acid groups (broad SMARTS) is 1. The van der Waals surface area contributed by atoms with Crippen molar-refractivity contribution in [3.8, 4) is 22.3 Å². The van der Waals surface area contributed by atoms with Crippen molar-refractivity contribution in [2.24, 2.45) is 0 Å². The van der Waals surface area contributed by atoms with Crippen LogP contribution in [0.4, 0.5) is 0 Å². The summed E-state index contributed by atoms with van der Waals surface area (Å²) in [4.78, 5) is 28.1. The van der Waals surface area contributed by atoms with E-state index in [1.165, 1.54) is 10.1 Å². The molecule has 43 heavy (non-hydrogen) atoms. The number of aromatic amines is 1. The third-order valence-corrected chi connectivity index (χ3v) is 7.97. The van der Waals surface area contributed by atoms with Crippen LogP contribution in [0.3, 0.4) is 0 Å². The molecule has 0 amide bonds. The number of aromatic nitrogens is 2. The van der Waals surface area contributed by atoms with Gasteiger partial charge in [0.1, 0.15) is 17.4 Å². The highest BCUT2D eigenvalue weighted by molar-refractivity contribution is 5.96. The average Bonchev–Trinajstić information content (AvgIpc) is 3.56. The Morgan fingerprint density at radius 3 is 2.09 bits per heavy atom. The van der Waals surface area contributed by atoms with Crippen LogP contribution in [0, 0.1) is 0 Å². The zero-order chi connectivity index (χ0) is 29.3. The minimum atomic E-state index is -1.05. The molecule has 0 spiro atoms. The predicted molar refractivity (Wildman–Crippen MR) is 169 cm³/mol. The third kappa shape index (κ3) is 5.04. The lowest BCUT2D eigenvalue weighted by Gasteiger charge is -2.14. The summed E-state index contributed by atoms with van der Waals surface area (Å²) >= 11 is 0. The zero-order valence-corrected chi connectivity index (χ0v) is 23.2. The highest BCUT2D eigenvalue weighted by Crippen LogP contribution is 2.37. The van der Waals surface area contributed by atoms with Crippen LogP contribution < -0.4 is 5.69 Å². The summed E-state index contributed by atoms with van der Waals surface area (Å²) in [5.74, 6) is -0.131. The fourth-order valence-corrected chi connectivity index (χ4v) is 5.89. The van der Waals surface area contributed by atoms with E-state index in [1.807, 2.05) is 84.9 Å². The first-order valence-corrected chi connectivity index (χ1v) is 14.2. The summed E-state index contributed by atoms with van der Waals surface area (Å²) in [5, 5.41) is 11.1. The second kappa shape index (κ2) is 11.0. The Balaban J connectivity index is 1.23. The standard InChI is InChI=1S/C37H28N2O4/c40-36(41)32(21-24-9-3-1-4-10-24)39-31-20-19-28(23-30(31)38-37(39)42)26-15-17-27(18-16-26)35-29-13-7-8-14-33(29)43-34(35)22-25-11-5-2-6-12-25/h1-20,23,32H,21-22H2,(H,38,42)(H,40,41). The van der Waals surface area contributed by atoms with Crippen LogP contribution >= 0.6 is 0 Å². The molecule has 1 unspecified atom stereocenters. The highest BCUT2D eigenvalue weighted by Gasteiger charge is 2.25. The fourth-order valence-electron chi connectivity index (χ4n) is 5.89. The average molecular weight is 565 g/mol. The van der Waals surface area contributed by atoms with Gasteiger partial charge in [-0.1, -0.05) is 109 Å². The molecule has 0 aliphatic rings. The number of para-hydroxylation sites is 1. The van der Waals surface area contributed by atoms with Crippen LogP contribution in [-0.2, 0) is 17.6 Å². The molecule has 7 rings (SSSR count). The van der Waals surface area contributed by atoms with E-state index in [-0.39, 0.29) is 6.42 Å². The van der Waals surface area contributed by atoms with Gasteiger partial charge >= 0.3 is 11.7 Å². The number of hydrogen-bond acceptors (Lipinski definition) is 3. The predicted octanol–water partition coefficient (Wildman–Crippen LogP) is 7.87. The molecule has 6 heteroatoms. The maximum absolute atomic E-state index is 13.0. The van der Waals surface area contributed by atoms with Crippen molar-refractivity contribution < 1.29 is 14.3 Å². The number of aliphatic carboxylic acids is 1. The summed E-state index contributed by atoms with van der Waals surface area (Å²) in [5.41, 5.74) is 7.65. The first-order chi connectivity index (χ1) is 21.0. The van der Waals surface area contributed by atoms with Gasteiger partial charge in [0.25, 0.3) is 0 Å². The normalized spacial score (nSPS) is 12.1. The monoisotopic (exact) mass is 564 g/mol. The second-order valence-corrected chi connectivity index (χ2v) is 10.7. The first kappa shape index (κ1) is 26.3. The Morgan fingerprint density at radius 2 is 1.37 bits per heavy atom. The lowest BCUT2D eigenvalue weighted by molar-refractivity contribution is -0.140. The number of nitrogens with zero attached hydrogens (tertiary/aromatic N) is 1. The van der Waals surface area contributed by atoms with E-state index in [1.54, 1.807) is 0 Å². The molecule has 0 bridgehead atoms. The minimum Gasteiger partial charge on any atom is -0.480 e.